The minimum atomic E-state index is -0.628. The van der Waals surface area contributed by atoms with Gasteiger partial charge in [0.1, 0.15) is 11.9 Å². The molecule has 0 radical (unpaired) electrons. The highest BCUT2D eigenvalue weighted by Crippen LogP contribution is 2.46. The lowest BCUT2D eigenvalue weighted by molar-refractivity contribution is -0.141. The van der Waals surface area contributed by atoms with Gasteiger partial charge in [-0.25, -0.2) is 0 Å². The van der Waals surface area contributed by atoms with Crippen LogP contribution in [0.3, 0.4) is 0 Å². The van der Waals surface area contributed by atoms with Crippen molar-refractivity contribution in [1.82, 2.24) is 20.0 Å². The van der Waals surface area contributed by atoms with Crippen LogP contribution >= 0.6 is 35.0 Å². The number of likely N-dealkylation sites (tertiary alicyclic amines) is 2. The average Bonchev–Trinajstić information content (AvgIpc) is 3.34. The molecule has 232 valence electrons. The normalized spacial score (nSPS) is 21.6. The first-order valence-corrected chi connectivity index (χ1v) is 17.2. The van der Waals surface area contributed by atoms with Crippen LogP contribution in [0.2, 0.25) is 10.0 Å². The number of hydrogen-bond donors (Lipinski definition) is 1. The second kappa shape index (κ2) is 14.1. The lowest BCUT2D eigenvalue weighted by atomic mass is 10.00. The molecule has 0 aliphatic carbocycles. The summed E-state index contributed by atoms with van der Waals surface area (Å²) in [6.45, 7) is 4.02. The molecule has 3 heterocycles. The number of benzene rings is 3. The Morgan fingerprint density at radius 2 is 1.66 bits per heavy atom. The predicted molar refractivity (Wildman–Crippen MR) is 178 cm³/mol. The molecule has 3 aliphatic heterocycles. The van der Waals surface area contributed by atoms with E-state index in [1.807, 2.05) is 47.4 Å². The number of nitrogens with one attached hydrogen (secondary N) is 1. The van der Waals surface area contributed by atoms with Gasteiger partial charge < -0.3 is 20.0 Å². The van der Waals surface area contributed by atoms with E-state index >= 15 is 0 Å². The second-order valence-electron chi connectivity index (χ2n) is 11.9. The third-order valence-corrected chi connectivity index (χ3v) is 11.1. The summed E-state index contributed by atoms with van der Waals surface area (Å²) in [5.41, 5.74) is 1.73. The molecule has 0 spiro atoms. The van der Waals surface area contributed by atoms with Crippen LogP contribution in [-0.2, 0) is 20.9 Å². The van der Waals surface area contributed by atoms with Gasteiger partial charge in [0.05, 0.1) is 5.25 Å². The summed E-state index contributed by atoms with van der Waals surface area (Å²) in [5.74, 6) is -0.493. The van der Waals surface area contributed by atoms with E-state index in [2.05, 4.69) is 10.2 Å². The summed E-state index contributed by atoms with van der Waals surface area (Å²) in [4.78, 5) is 46.6. The summed E-state index contributed by atoms with van der Waals surface area (Å²) in [6, 6.07) is 19.8. The number of carbonyl (C=O) groups excluding carboxylic acids is 3. The van der Waals surface area contributed by atoms with Crippen molar-refractivity contribution in [1.29, 1.82) is 0 Å². The van der Waals surface area contributed by atoms with E-state index in [1.165, 1.54) is 31.0 Å². The van der Waals surface area contributed by atoms with E-state index in [-0.39, 0.29) is 30.7 Å². The third-order valence-electron chi connectivity index (χ3n) is 9.12. The number of halogens is 2. The van der Waals surface area contributed by atoms with Crippen LogP contribution in [0.25, 0.3) is 10.8 Å². The van der Waals surface area contributed by atoms with Crippen molar-refractivity contribution in [2.24, 2.45) is 0 Å². The van der Waals surface area contributed by atoms with Gasteiger partial charge in [-0.15, -0.1) is 11.8 Å². The molecule has 7 nitrogen and oxygen atoms in total. The molecule has 3 fully saturated rings. The molecule has 0 aromatic heterocycles. The van der Waals surface area contributed by atoms with Crippen LogP contribution in [0.4, 0.5) is 0 Å². The monoisotopic (exact) mass is 652 g/mol. The van der Waals surface area contributed by atoms with Gasteiger partial charge in [0, 0.05) is 47.7 Å². The number of carbonyl (C=O) groups is 3. The highest BCUT2D eigenvalue weighted by molar-refractivity contribution is 8.01. The van der Waals surface area contributed by atoms with Crippen LogP contribution in [0.15, 0.2) is 60.7 Å². The number of fused-ring (bicyclic) bond motifs is 1. The summed E-state index contributed by atoms with van der Waals surface area (Å²) in [5, 5.41) is 5.02. The van der Waals surface area contributed by atoms with Gasteiger partial charge in [0.15, 0.2) is 0 Å². The molecule has 0 bridgehead atoms. The van der Waals surface area contributed by atoms with Crippen molar-refractivity contribution < 1.29 is 14.4 Å². The zero-order valence-corrected chi connectivity index (χ0v) is 27.0. The van der Waals surface area contributed by atoms with Crippen LogP contribution in [0.5, 0.6) is 0 Å². The van der Waals surface area contributed by atoms with E-state index in [0.29, 0.717) is 41.3 Å². The Bertz CT molecular complexity index is 1520. The first-order chi connectivity index (χ1) is 21.4. The van der Waals surface area contributed by atoms with Gasteiger partial charge in [-0.05, 0) is 67.2 Å². The highest BCUT2D eigenvalue weighted by atomic mass is 35.5. The molecule has 2 atom stereocenters. The second-order valence-corrected chi connectivity index (χ2v) is 14.1. The molecule has 10 heteroatoms. The van der Waals surface area contributed by atoms with Crippen molar-refractivity contribution in [3.05, 3.63) is 81.8 Å². The largest absolute Gasteiger partial charge is 0.352 e. The van der Waals surface area contributed by atoms with Crippen molar-refractivity contribution in [2.75, 3.05) is 32.7 Å². The fourth-order valence-electron chi connectivity index (χ4n) is 6.72. The first kappa shape index (κ1) is 31.2. The maximum absolute atomic E-state index is 13.8. The van der Waals surface area contributed by atoms with Crippen LogP contribution in [0, 0.1) is 0 Å². The van der Waals surface area contributed by atoms with Gasteiger partial charge in [0.2, 0.25) is 17.7 Å². The zero-order valence-electron chi connectivity index (χ0n) is 24.7. The summed E-state index contributed by atoms with van der Waals surface area (Å²) in [7, 11) is 0. The predicted octanol–water partition coefficient (Wildman–Crippen LogP) is 6.27. The Kier molecular flexibility index (Phi) is 10.0. The molecule has 3 amide bonds. The van der Waals surface area contributed by atoms with E-state index in [0.717, 1.165) is 42.3 Å². The Balaban J connectivity index is 1.12. The van der Waals surface area contributed by atoms with Crippen LogP contribution in [0.1, 0.15) is 55.0 Å². The Labute approximate surface area is 273 Å². The number of rotatable bonds is 8. The smallest absolute Gasteiger partial charge is 0.242 e. The van der Waals surface area contributed by atoms with Crippen LogP contribution < -0.4 is 5.32 Å². The maximum atomic E-state index is 13.8. The number of nitrogens with zero attached hydrogens (tertiary/aromatic N) is 3. The van der Waals surface area contributed by atoms with Gasteiger partial charge in [-0.2, -0.15) is 0 Å². The van der Waals surface area contributed by atoms with Gasteiger partial charge in [0.25, 0.3) is 0 Å². The molecule has 6 rings (SSSR count). The van der Waals surface area contributed by atoms with E-state index in [1.54, 1.807) is 23.1 Å². The van der Waals surface area contributed by atoms with Crippen molar-refractivity contribution >= 4 is 63.5 Å². The molecule has 1 N–H and O–H groups in total. The number of hydrogen-bond acceptors (Lipinski definition) is 5. The van der Waals surface area contributed by atoms with E-state index < -0.39 is 10.6 Å². The van der Waals surface area contributed by atoms with Crippen LogP contribution in [-0.4, -0.2) is 76.4 Å². The maximum Gasteiger partial charge on any atom is 0.242 e. The van der Waals surface area contributed by atoms with Gasteiger partial charge in [-0.1, -0.05) is 78.2 Å². The molecular formula is C34H38Cl2N4O3S. The van der Waals surface area contributed by atoms with Crippen molar-refractivity contribution in [2.45, 2.75) is 61.7 Å². The zero-order chi connectivity index (χ0) is 30.6. The fourth-order valence-corrected chi connectivity index (χ4v) is 8.78. The molecule has 0 saturated carbocycles. The summed E-state index contributed by atoms with van der Waals surface area (Å²) >= 11 is 14.1. The third kappa shape index (κ3) is 7.04. The molecule has 3 saturated heterocycles. The quantitative estimate of drug-likeness (QED) is 0.310. The molecule has 3 aromatic rings. The standard InChI is InChI=1S/C34H38Cl2N4O3S/c35-25-11-12-28(29(36)19-25)34-40(22-32(42)39-17-13-26(14-18-39)38-15-4-1-5-16-38)33(43)30(44-34)20-31(41)37-21-24-9-6-8-23-7-2-3-10-27(23)24/h2-3,6-12,19,26,30,34H,1,4-5,13-18,20-22H2,(H,37,41)/t30-,34-/m1/s1. The average molecular weight is 654 g/mol. The lowest BCUT2D eigenvalue weighted by Crippen LogP contribution is -2.50. The van der Waals surface area contributed by atoms with Gasteiger partial charge >= 0.3 is 0 Å². The Morgan fingerprint density at radius 3 is 2.43 bits per heavy atom. The Morgan fingerprint density at radius 1 is 0.909 bits per heavy atom. The molecular weight excluding hydrogens is 615 g/mol. The summed E-state index contributed by atoms with van der Waals surface area (Å²) in [6.07, 6.45) is 5.75. The minimum Gasteiger partial charge on any atom is -0.352 e. The molecule has 0 unspecified atom stereocenters. The van der Waals surface area contributed by atoms with Gasteiger partial charge in [-0.3, -0.25) is 14.4 Å². The lowest BCUT2D eigenvalue weighted by Gasteiger charge is -2.40. The summed E-state index contributed by atoms with van der Waals surface area (Å²) < 4.78 is 0. The SMILES string of the molecule is O=C(C[C@H]1S[C@H](c2ccc(Cl)cc2Cl)N(CC(=O)N2CCC(N3CCCCC3)CC2)C1=O)NCc1cccc2ccccc12. The molecule has 3 aromatic carbocycles. The van der Waals surface area contributed by atoms with E-state index in [9.17, 15) is 14.4 Å². The Hall–Kier alpha value is -2.78. The minimum absolute atomic E-state index is 0.0158. The van der Waals surface area contributed by atoms with Crippen molar-refractivity contribution in [3.63, 3.8) is 0 Å². The fraction of sp³-hybridized carbons (Fsp3) is 0.441. The number of piperidine rings is 2. The van der Waals surface area contributed by atoms with E-state index in [4.69, 9.17) is 23.2 Å². The number of thioether (sulfide) groups is 1. The molecule has 44 heavy (non-hydrogen) atoms. The topological polar surface area (TPSA) is 73.0 Å². The molecule has 3 aliphatic rings. The first-order valence-electron chi connectivity index (χ1n) is 15.5. The van der Waals surface area contributed by atoms with Crippen molar-refractivity contribution in [3.8, 4) is 0 Å². The highest BCUT2D eigenvalue weighted by Gasteiger charge is 2.44. The number of amides is 3.